The van der Waals surface area contributed by atoms with Gasteiger partial charge >= 0.3 is 12.4 Å². The maximum atomic E-state index is 12.4. The molecule has 31 heavy (non-hydrogen) atoms. The number of alkyl halides is 3. The zero-order valence-corrected chi connectivity index (χ0v) is 15.8. The van der Waals surface area contributed by atoms with Crippen molar-refractivity contribution >= 4 is 23.5 Å². The molecule has 2 heterocycles. The first-order valence-electron chi connectivity index (χ1n) is 9.14. The zero-order chi connectivity index (χ0) is 22.0. The predicted octanol–water partition coefficient (Wildman–Crippen LogP) is 3.74. The van der Waals surface area contributed by atoms with E-state index in [1.165, 1.54) is 17.0 Å². The Hall–Kier alpha value is -3.89. The summed E-state index contributed by atoms with van der Waals surface area (Å²) in [6, 6.07) is 13.4. The van der Waals surface area contributed by atoms with E-state index in [9.17, 15) is 22.8 Å². The molecule has 1 atom stereocenters. The van der Waals surface area contributed by atoms with Crippen LogP contribution < -0.4 is 15.0 Å². The molecule has 1 fully saturated rings. The molecule has 1 aromatic heterocycles. The van der Waals surface area contributed by atoms with Crippen molar-refractivity contribution in [1.29, 1.82) is 0 Å². The van der Waals surface area contributed by atoms with E-state index in [1.807, 2.05) is 0 Å². The minimum absolute atomic E-state index is 0.0784. The van der Waals surface area contributed by atoms with E-state index in [4.69, 9.17) is 4.42 Å². The molecule has 8 nitrogen and oxygen atoms in total. The molecule has 1 saturated heterocycles. The van der Waals surface area contributed by atoms with Crippen LogP contribution >= 0.6 is 0 Å². The van der Waals surface area contributed by atoms with Gasteiger partial charge in [-0.3, -0.25) is 14.9 Å². The van der Waals surface area contributed by atoms with Gasteiger partial charge < -0.3 is 14.1 Å². The average Bonchev–Trinajstić information content (AvgIpc) is 3.35. The Balaban J connectivity index is 1.41. The largest absolute Gasteiger partial charge is 0.573 e. The number of amides is 2. The third-order valence-corrected chi connectivity index (χ3v) is 4.55. The van der Waals surface area contributed by atoms with Crippen LogP contribution in [0.4, 0.5) is 24.9 Å². The van der Waals surface area contributed by atoms with Gasteiger partial charge in [0.1, 0.15) is 5.75 Å². The van der Waals surface area contributed by atoms with Crippen molar-refractivity contribution in [1.82, 2.24) is 10.2 Å². The van der Waals surface area contributed by atoms with Crippen molar-refractivity contribution in [2.75, 3.05) is 16.8 Å². The number of rotatable bonds is 5. The van der Waals surface area contributed by atoms with Crippen LogP contribution in [0.5, 0.6) is 5.75 Å². The van der Waals surface area contributed by atoms with Crippen LogP contribution in [0, 0.1) is 0 Å². The lowest BCUT2D eigenvalue weighted by molar-refractivity contribution is -0.274. The molecule has 0 aliphatic carbocycles. The number of aromatic nitrogens is 2. The Kier molecular flexibility index (Phi) is 5.32. The van der Waals surface area contributed by atoms with Crippen molar-refractivity contribution < 1.29 is 31.9 Å². The van der Waals surface area contributed by atoms with Crippen LogP contribution in [-0.2, 0) is 4.79 Å². The monoisotopic (exact) mass is 432 g/mol. The number of hydrogen-bond acceptors (Lipinski definition) is 6. The number of halogens is 3. The van der Waals surface area contributed by atoms with Gasteiger partial charge in [-0.2, -0.15) is 0 Å². The maximum absolute atomic E-state index is 12.4. The Labute approximate surface area is 173 Å². The van der Waals surface area contributed by atoms with Crippen LogP contribution in [0.3, 0.4) is 0 Å². The standard InChI is InChI=1S/C20H15F3N4O4/c21-20(22,23)31-15-8-6-14(7-9-15)27-11-13(10-16(27)28)18-25-26-19(30-18)24-17(29)12-4-2-1-3-5-12/h1-9,13H,10-11H2,(H,24,26,29)/t13-/m0/s1. The van der Waals surface area contributed by atoms with Gasteiger partial charge in [-0.05, 0) is 36.4 Å². The minimum Gasteiger partial charge on any atom is -0.407 e. The number of nitrogens with zero attached hydrogens (tertiary/aromatic N) is 3. The SMILES string of the molecule is O=C(Nc1nnc([C@H]2CC(=O)N(c3ccc(OC(F)(F)F)cc3)C2)o1)c1ccccc1. The third-order valence-electron chi connectivity index (χ3n) is 4.55. The van der Waals surface area contributed by atoms with Crippen molar-refractivity contribution in [3.05, 3.63) is 66.1 Å². The quantitative estimate of drug-likeness (QED) is 0.660. The molecule has 0 spiro atoms. The number of carbonyl (C=O) groups excluding carboxylic acids is 2. The molecular weight excluding hydrogens is 417 g/mol. The van der Waals surface area contributed by atoms with E-state index in [2.05, 4.69) is 20.3 Å². The third kappa shape index (κ3) is 4.82. The second-order valence-electron chi connectivity index (χ2n) is 6.71. The highest BCUT2D eigenvalue weighted by Gasteiger charge is 2.35. The molecule has 3 aromatic rings. The molecule has 0 bridgehead atoms. The molecule has 2 amide bonds. The number of carbonyl (C=O) groups is 2. The second kappa shape index (κ2) is 8.09. The summed E-state index contributed by atoms with van der Waals surface area (Å²) in [7, 11) is 0. The van der Waals surface area contributed by atoms with Crippen LogP contribution in [0.25, 0.3) is 0 Å². The van der Waals surface area contributed by atoms with Crippen molar-refractivity contribution in [3.8, 4) is 5.75 Å². The molecule has 2 aromatic carbocycles. The van der Waals surface area contributed by atoms with Crippen molar-refractivity contribution in [2.24, 2.45) is 0 Å². The van der Waals surface area contributed by atoms with Gasteiger partial charge in [0.2, 0.25) is 11.8 Å². The minimum atomic E-state index is -4.79. The molecule has 0 radical (unpaired) electrons. The Morgan fingerprint density at radius 1 is 1.10 bits per heavy atom. The Bertz CT molecular complexity index is 1080. The van der Waals surface area contributed by atoms with E-state index < -0.39 is 18.2 Å². The summed E-state index contributed by atoms with van der Waals surface area (Å²) in [5, 5.41) is 10.2. The summed E-state index contributed by atoms with van der Waals surface area (Å²) >= 11 is 0. The van der Waals surface area contributed by atoms with Gasteiger partial charge in [0.25, 0.3) is 5.91 Å². The van der Waals surface area contributed by atoms with Crippen LogP contribution in [-0.4, -0.2) is 34.9 Å². The summed E-state index contributed by atoms with van der Waals surface area (Å²) in [5.41, 5.74) is 0.835. The van der Waals surface area contributed by atoms with Crippen LogP contribution in [0.15, 0.2) is 59.0 Å². The molecule has 0 unspecified atom stereocenters. The first kappa shape index (κ1) is 20.4. The fraction of sp³-hybridized carbons (Fsp3) is 0.200. The normalized spacial score (nSPS) is 16.4. The van der Waals surface area contributed by atoms with Gasteiger partial charge in [0, 0.05) is 24.2 Å². The molecule has 1 aliphatic rings. The van der Waals surface area contributed by atoms with E-state index in [-0.39, 0.29) is 36.5 Å². The zero-order valence-electron chi connectivity index (χ0n) is 15.8. The average molecular weight is 432 g/mol. The highest BCUT2D eigenvalue weighted by atomic mass is 19.4. The van der Waals surface area contributed by atoms with E-state index >= 15 is 0 Å². The Morgan fingerprint density at radius 2 is 1.81 bits per heavy atom. The number of ether oxygens (including phenoxy) is 1. The lowest BCUT2D eigenvalue weighted by atomic mass is 10.1. The highest BCUT2D eigenvalue weighted by Crippen LogP contribution is 2.33. The first-order valence-corrected chi connectivity index (χ1v) is 9.14. The van der Waals surface area contributed by atoms with Crippen LogP contribution in [0.2, 0.25) is 0 Å². The predicted molar refractivity (Wildman–Crippen MR) is 102 cm³/mol. The number of nitrogens with one attached hydrogen (secondary N) is 1. The number of hydrogen-bond donors (Lipinski definition) is 1. The fourth-order valence-electron chi connectivity index (χ4n) is 3.16. The van der Waals surface area contributed by atoms with E-state index in [0.717, 1.165) is 12.1 Å². The fourth-order valence-corrected chi connectivity index (χ4v) is 3.16. The Morgan fingerprint density at radius 3 is 2.48 bits per heavy atom. The van der Waals surface area contributed by atoms with Crippen LogP contribution in [0.1, 0.15) is 28.6 Å². The highest BCUT2D eigenvalue weighted by molar-refractivity contribution is 6.03. The van der Waals surface area contributed by atoms with Gasteiger partial charge in [-0.25, -0.2) is 0 Å². The van der Waals surface area contributed by atoms with Gasteiger partial charge in [-0.15, -0.1) is 18.3 Å². The molecule has 160 valence electrons. The summed E-state index contributed by atoms with van der Waals surface area (Å²) in [4.78, 5) is 26.0. The van der Waals surface area contributed by atoms with Gasteiger partial charge in [-0.1, -0.05) is 23.3 Å². The molecule has 1 N–H and O–H groups in total. The van der Waals surface area contributed by atoms with Gasteiger partial charge in [0.05, 0.1) is 5.92 Å². The van der Waals surface area contributed by atoms with Gasteiger partial charge in [0.15, 0.2) is 0 Å². The summed E-state index contributed by atoms with van der Waals surface area (Å²) in [6.45, 7) is 0.201. The molecule has 4 rings (SSSR count). The second-order valence-corrected chi connectivity index (χ2v) is 6.71. The lowest BCUT2D eigenvalue weighted by Crippen LogP contribution is -2.24. The summed E-state index contributed by atoms with van der Waals surface area (Å²) < 4.78 is 46.2. The maximum Gasteiger partial charge on any atom is 0.573 e. The van der Waals surface area contributed by atoms with Crippen molar-refractivity contribution in [2.45, 2.75) is 18.7 Å². The smallest absolute Gasteiger partial charge is 0.407 e. The molecule has 1 aliphatic heterocycles. The van der Waals surface area contributed by atoms with E-state index in [0.29, 0.717) is 11.3 Å². The number of anilines is 2. The first-order chi connectivity index (χ1) is 14.8. The number of benzene rings is 2. The molecular formula is C20H15F3N4O4. The molecule has 0 saturated carbocycles. The molecule has 11 heteroatoms. The lowest BCUT2D eigenvalue weighted by Gasteiger charge is -2.17. The topological polar surface area (TPSA) is 97.6 Å². The summed E-state index contributed by atoms with van der Waals surface area (Å²) in [6.07, 6.45) is -4.71. The van der Waals surface area contributed by atoms with Crippen molar-refractivity contribution in [3.63, 3.8) is 0 Å². The summed E-state index contributed by atoms with van der Waals surface area (Å²) in [5.74, 6) is -1.29. The van der Waals surface area contributed by atoms with E-state index in [1.54, 1.807) is 30.3 Å².